The highest BCUT2D eigenvalue weighted by Crippen LogP contribution is 2.27. The molecule has 8 heteroatoms. The van der Waals surface area contributed by atoms with Gasteiger partial charge in [0.1, 0.15) is 11.9 Å². The summed E-state index contributed by atoms with van der Waals surface area (Å²) in [5.74, 6) is -1.39. The van der Waals surface area contributed by atoms with Crippen LogP contribution >= 0.6 is 0 Å². The van der Waals surface area contributed by atoms with Crippen molar-refractivity contribution in [3.8, 4) is 5.75 Å². The molecule has 2 aromatic carbocycles. The number of amides is 1. The zero-order valence-electron chi connectivity index (χ0n) is 15.1. The van der Waals surface area contributed by atoms with E-state index < -0.39 is 18.7 Å². The number of carboxylic acid groups (broad SMARTS) is 1. The predicted molar refractivity (Wildman–Crippen MR) is 95.8 cm³/mol. The van der Waals surface area contributed by atoms with Crippen LogP contribution in [0.25, 0.3) is 0 Å². The van der Waals surface area contributed by atoms with Crippen LogP contribution in [0.5, 0.6) is 5.75 Å². The first kappa shape index (κ1) is 19.8. The van der Waals surface area contributed by atoms with E-state index in [0.29, 0.717) is 17.7 Å². The topological polar surface area (TPSA) is 76.1 Å². The molecule has 2 aromatic rings. The van der Waals surface area contributed by atoms with Gasteiger partial charge in [0.25, 0.3) is 5.91 Å². The highest BCUT2D eigenvalue weighted by Gasteiger charge is 2.27. The van der Waals surface area contributed by atoms with Crippen LogP contribution in [-0.4, -0.2) is 48.2 Å². The van der Waals surface area contributed by atoms with Crippen LogP contribution in [0.15, 0.2) is 42.5 Å². The van der Waals surface area contributed by atoms with Gasteiger partial charge in [-0.25, -0.2) is 4.79 Å². The number of carbonyl (C=O) groups excluding carboxylic acids is 1. The number of aryl methyl sites for hydroxylation is 1. The molecule has 1 N–H and O–H groups in total. The number of morpholine rings is 1. The number of ether oxygens (including phenoxy) is 2. The van der Waals surface area contributed by atoms with Crippen LogP contribution in [0.2, 0.25) is 0 Å². The Bertz CT molecular complexity index is 887. The number of rotatable bonds is 5. The number of halogens is 2. The summed E-state index contributed by atoms with van der Waals surface area (Å²) >= 11 is 0. The molecule has 1 saturated heterocycles. The Morgan fingerprint density at radius 2 is 1.96 bits per heavy atom. The SMILES string of the molecule is Cc1cc(C(=O)O)cc(C(=O)N2CCOC(c3cccc(OC(F)F)c3)C2)c1. The van der Waals surface area contributed by atoms with Gasteiger partial charge in [0.05, 0.1) is 18.7 Å². The summed E-state index contributed by atoms with van der Waals surface area (Å²) in [6.45, 7) is -0.370. The molecule has 0 saturated carbocycles. The fourth-order valence-electron chi connectivity index (χ4n) is 3.14. The van der Waals surface area contributed by atoms with Crippen molar-refractivity contribution in [3.05, 3.63) is 64.7 Å². The number of carboxylic acids is 1. The quantitative estimate of drug-likeness (QED) is 0.844. The molecule has 148 valence electrons. The fraction of sp³-hybridized carbons (Fsp3) is 0.300. The van der Waals surface area contributed by atoms with Gasteiger partial charge in [-0.05, 0) is 48.4 Å². The minimum Gasteiger partial charge on any atom is -0.478 e. The molecule has 0 bridgehead atoms. The first-order valence-corrected chi connectivity index (χ1v) is 8.64. The van der Waals surface area contributed by atoms with Crippen molar-refractivity contribution in [1.29, 1.82) is 0 Å². The van der Waals surface area contributed by atoms with Crippen molar-refractivity contribution < 1.29 is 33.0 Å². The van der Waals surface area contributed by atoms with Gasteiger partial charge in [-0.3, -0.25) is 4.79 Å². The maximum atomic E-state index is 12.9. The maximum absolute atomic E-state index is 12.9. The molecule has 1 heterocycles. The maximum Gasteiger partial charge on any atom is 0.387 e. The molecule has 0 spiro atoms. The summed E-state index contributed by atoms with van der Waals surface area (Å²) in [5, 5.41) is 9.19. The van der Waals surface area contributed by atoms with Crippen LogP contribution in [-0.2, 0) is 4.74 Å². The van der Waals surface area contributed by atoms with Crippen molar-refractivity contribution in [2.45, 2.75) is 19.6 Å². The molecule has 1 atom stereocenters. The summed E-state index contributed by atoms with van der Waals surface area (Å²) in [6, 6.07) is 10.6. The minimum absolute atomic E-state index is 0.0179. The second kappa shape index (κ2) is 8.35. The average molecular weight is 391 g/mol. The van der Waals surface area contributed by atoms with Crippen LogP contribution < -0.4 is 4.74 Å². The summed E-state index contributed by atoms with van der Waals surface area (Å²) in [6.07, 6.45) is -0.498. The Hall–Kier alpha value is -3.00. The number of carbonyl (C=O) groups is 2. The molecule has 1 aliphatic heterocycles. The van der Waals surface area contributed by atoms with E-state index in [1.165, 1.54) is 24.3 Å². The summed E-state index contributed by atoms with van der Waals surface area (Å²) in [7, 11) is 0. The highest BCUT2D eigenvalue weighted by atomic mass is 19.3. The van der Waals surface area contributed by atoms with Crippen molar-refractivity contribution in [1.82, 2.24) is 4.90 Å². The Morgan fingerprint density at radius 3 is 2.68 bits per heavy atom. The van der Waals surface area contributed by atoms with Crippen molar-refractivity contribution in [2.75, 3.05) is 19.7 Å². The average Bonchev–Trinajstić information content (AvgIpc) is 2.66. The van der Waals surface area contributed by atoms with Gasteiger partial charge in [-0.1, -0.05) is 12.1 Å². The second-order valence-corrected chi connectivity index (χ2v) is 6.45. The number of nitrogens with zero attached hydrogens (tertiary/aromatic N) is 1. The lowest BCUT2D eigenvalue weighted by Crippen LogP contribution is -2.42. The summed E-state index contributed by atoms with van der Waals surface area (Å²) < 4.78 is 35.0. The molecular weight excluding hydrogens is 372 g/mol. The van der Waals surface area contributed by atoms with Gasteiger partial charge >= 0.3 is 12.6 Å². The molecule has 1 amide bonds. The van der Waals surface area contributed by atoms with E-state index in [0.717, 1.165) is 0 Å². The van der Waals surface area contributed by atoms with E-state index in [1.807, 2.05) is 0 Å². The van der Waals surface area contributed by atoms with Crippen LogP contribution in [0.4, 0.5) is 8.78 Å². The third-order valence-electron chi connectivity index (χ3n) is 4.38. The standard InChI is InChI=1S/C20H19F2NO5/c1-12-7-14(9-15(8-12)19(25)26)18(24)23-5-6-27-17(11-23)13-3-2-4-16(10-13)28-20(21)22/h2-4,7-10,17,20H,5-6,11H2,1H3,(H,25,26). The van der Waals surface area contributed by atoms with Gasteiger partial charge in [0.2, 0.25) is 0 Å². The van der Waals surface area contributed by atoms with E-state index in [-0.39, 0.29) is 35.9 Å². The van der Waals surface area contributed by atoms with E-state index in [9.17, 15) is 23.5 Å². The Morgan fingerprint density at radius 1 is 1.21 bits per heavy atom. The van der Waals surface area contributed by atoms with Gasteiger partial charge in [0.15, 0.2) is 0 Å². The molecule has 3 rings (SSSR count). The first-order chi connectivity index (χ1) is 13.3. The molecule has 0 aliphatic carbocycles. The number of hydrogen-bond acceptors (Lipinski definition) is 4. The lowest BCUT2D eigenvalue weighted by Gasteiger charge is -2.33. The monoisotopic (exact) mass is 391 g/mol. The zero-order valence-corrected chi connectivity index (χ0v) is 15.1. The smallest absolute Gasteiger partial charge is 0.387 e. The molecular formula is C20H19F2NO5. The van der Waals surface area contributed by atoms with Crippen molar-refractivity contribution >= 4 is 11.9 Å². The fourth-order valence-corrected chi connectivity index (χ4v) is 3.14. The minimum atomic E-state index is -2.93. The Kier molecular flexibility index (Phi) is 5.89. The molecule has 6 nitrogen and oxygen atoms in total. The van der Waals surface area contributed by atoms with Crippen molar-refractivity contribution in [3.63, 3.8) is 0 Å². The number of aromatic carboxylic acids is 1. The molecule has 1 fully saturated rings. The van der Waals surface area contributed by atoms with E-state index in [4.69, 9.17) is 4.74 Å². The summed E-state index contributed by atoms with van der Waals surface area (Å²) in [4.78, 5) is 25.7. The molecule has 1 unspecified atom stereocenters. The van der Waals surface area contributed by atoms with Gasteiger partial charge in [-0.2, -0.15) is 8.78 Å². The van der Waals surface area contributed by atoms with Crippen LogP contribution in [0.1, 0.15) is 37.9 Å². The third kappa shape index (κ3) is 4.64. The van der Waals surface area contributed by atoms with Gasteiger partial charge in [-0.15, -0.1) is 0 Å². The van der Waals surface area contributed by atoms with Gasteiger partial charge in [0, 0.05) is 12.1 Å². The summed E-state index contributed by atoms with van der Waals surface area (Å²) in [5.41, 5.74) is 1.62. The lowest BCUT2D eigenvalue weighted by atomic mass is 10.0. The molecule has 1 aliphatic rings. The van der Waals surface area contributed by atoms with E-state index in [2.05, 4.69) is 4.74 Å². The molecule has 0 radical (unpaired) electrons. The van der Waals surface area contributed by atoms with Crippen LogP contribution in [0.3, 0.4) is 0 Å². The Labute approximate surface area is 160 Å². The van der Waals surface area contributed by atoms with E-state index in [1.54, 1.807) is 30.0 Å². The molecule has 0 aromatic heterocycles. The number of benzene rings is 2. The third-order valence-corrected chi connectivity index (χ3v) is 4.38. The van der Waals surface area contributed by atoms with Crippen molar-refractivity contribution in [2.24, 2.45) is 0 Å². The van der Waals surface area contributed by atoms with E-state index >= 15 is 0 Å². The zero-order chi connectivity index (χ0) is 20.3. The largest absolute Gasteiger partial charge is 0.478 e. The first-order valence-electron chi connectivity index (χ1n) is 8.64. The van der Waals surface area contributed by atoms with Gasteiger partial charge < -0.3 is 19.5 Å². The predicted octanol–water partition coefficient (Wildman–Crippen LogP) is 3.51. The lowest BCUT2D eigenvalue weighted by molar-refractivity contribution is -0.0504. The molecule has 28 heavy (non-hydrogen) atoms. The van der Waals surface area contributed by atoms with Crippen LogP contribution in [0, 0.1) is 6.92 Å². The highest BCUT2D eigenvalue weighted by molar-refractivity contribution is 5.97. The second-order valence-electron chi connectivity index (χ2n) is 6.45. The number of alkyl halides is 2. The number of hydrogen-bond donors (Lipinski definition) is 1. The Balaban J connectivity index is 1.78. The normalized spacial score (nSPS) is 16.9.